The van der Waals surface area contributed by atoms with Crippen molar-refractivity contribution in [2.75, 3.05) is 4.90 Å². The van der Waals surface area contributed by atoms with E-state index < -0.39 is 16.1 Å². The molecule has 1 saturated heterocycles. The molecule has 3 rings (SSSR count). The summed E-state index contributed by atoms with van der Waals surface area (Å²) in [5.74, 6) is -1.25. The van der Waals surface area contributed by atoms with E-state index in [1.807, 2.05) is 19.1 Å². The van der Waals surface area contributed by atoms with Gasteiger partial charge in [-0.15, -0.1) is 0 Å². The van der Waals surface area contributed by atoms with E-state index in [2.05, 4.69) is 0 Å². The lowest BCUT2D eigenvalue weighted by Crippen LogP contribution is -2.31. The summed E-state index contributed by atoms with van der Waals surface area (Å²) in [6, 6.07) is 14.9. The first-order valence-corrected chi connectivity index (χ1v) is 9.44. The van der Waals surface area contributed by atoms with Crippen molar-refractivity contribution >= 4 is 35.0 Å². The highest BCUT2D eigenvalue weighted by Crippen LogP contribution is 2.42. The van der Waals surface area contributed by atoms with Gasteiger partial charge in [0.1, 0.15) is 16.7 Å². The molecule has 1 fully saturated rings. The lowest BCUT2D eigenvalue weighted by molar-refractivity contribution is -0.384. The van der Waals surface area contributed by atoms with E-state index in [0.717, 1.165) is 17.3 Å². The molecule has 1 atom stereocenters. The summed E-state index contributed by atoms with van der Waals surface area (Å²) in [7, 11) is 0. The molecule has 1 aliphatic heterocycles. The molecule has 146 valence electrons. The molecule has 1 aliphatic rings. The van der Waals surface area contributed by atoms with Crippen LogP contribution in [0.5, 0.6) is 0 Å². The molecule has 0 bridgehead atoms. The van der Waals surface area contributed by atoms with E-state index in [-0.39, 0.29) is 28.6 Å². The summed E-state index contributed by atoms with van der Waals surface area (Å²) in [5.41, 5.74) is 7.08. The van der Waals surface area contributed by atoms with E-state index in [4.69, 9.17) is 5.73 Å². The lowest BCUT2D eigenvalue weighted by Gasteiger charge is -2.18. The summed E-state index contributed by atoms with van der Waals surface area (Å²) in [6.45, 7) is 1.90. The number of amides is 2. The minimum atomic E-state index is -0.920. The van der Waals surface area contributed by atoms with Crippen molar-refractivity contribution < 1.29 is 14.5 Å². The van der Waals surface area contributed by atoms with Gasteiger partial charge in [0.05, 0.1) is 10.2 Å². The van der Waals surface area contributed by atoms with Gasteiger partial charge < -0.3 is 5.73 Å². The van der Waals surface area contributed by atoms with Gasteiger partial charge in [-0.05, 0) is 31.0 Å². The Morgan fingerprint density at radius 3 is 2.59 bits per heavy atom. The van der Waals surface area contributed by atoms with Gasteiger partial charge in [0.25, 0.3) is 11.6 Å². The van der Waals surface area contributed by atoms with Crippen LogP contribution in [0.15, 0.2) is 59.1 Å². The molecule has 0 aromatic heterocycles. The second-order valence-corrected chi connectivity index (χ2v) is 7.59. The number of nitro groups is 1. The molecule has 2 aromatic rings. The first-order chi connectivity index (χ1) is 13.8. The topological polar surface area (TPSA) is 130 Å². The summed E-state index contributed by atoms with van der Waals surface area (Å²) in [5, 5.41) is 19.9. The van der Waals surface area contributed by atoms with Gasteiger partial charge in [-0.3, -0.25) is 24.6 Å². The van der Waals surface area contributed by atoms with E-state index in [0.29, 0.717) is 11.3 Å². The van der Waals surface area contributed by atoms with Gasteiger partial charge in [0.15, 0.2) is 0 Å². The third-order valence-electron chi connectivity index (χ3n) is 4.36. The molecule has 9 heteroatoms. The number of rotatable bonds is 5. The summed E-state index contributed by atoms with van der Waals surface area (Å²) < 4.78 is 0. The molecule has 1 heterocycles. The highest BCUT2D eigenvalue weighted by Gasteiger charge is 2.40. The first-order valence-electron chi connectivity index (χ1n) is 8.56. The number of aryl methyl sites for hydroxylation is 1. The highest BCUT2D eigenvalue weighted by molar-refractivity contribution is 8.05. The number of carbonyl (C=O) groups is 2. The Morgan fingerprint density at radius 2 is 2.00 bits per heavy atom. The van der Waals surface area contributed by atoms with E-state index in [1.165, 1.54) is 17.0 Å². The second kappa shape index (κ2) is 8.16. The maximum Gasteiger partial charge on any atom is 0.269 e. The molecule has 2 N–H and O–H groups in total. The fourth-order valence-electron chi connectivity index (χ4n) is 2.94. The zero-order valence-corrected chi connectivity index (χ0v) is 16.2. The zero-order valence-electron chi connectivity index (χ0n) is 15.4. The molecular formula is C20H16N4O4S. The first kappa shape index (κ1) is 20.1. The molecule has 0 spiro atoms. The van der Waals surface area contributed by atoms with E-state index in [1.54, 1.807) is 30.3 Å². The number of thioether (sulfide) groups is 1. The van der Waals surface area contributed by atoms with Crippen LogP contribution in [0, 0.1) is 28.4 Å². The third-order valence-corrected chi connectivity index (χ3v) is 5.62. The number of nitro benzene ring substituents is 1. The molecule has 8 nitrogen and oxygen atoms in total. The standard InChI is InChI=1S/C20H16N4O4S/c1-12-5-7-14(8-6-12)23-19(26)17(29-20(23)16(11-21)18(22)25)10-13-3-2-4-15(9-13)24(27)28/h2-9,17H,10H2,1H3,(H2,22,25). The molecule has 1 unspecified atom stereocenters. The fourth-order valence-corrected chi connectivity index (χ4v) is 4.26. The molecule has 29 heavy (non-hydrogen) atoms. The number of primary amides is 1. The largest absolute Gasteiger partial charge is 0.365 e. The number of benzene rings is 2. The fraction of sp³-hybridized carbons (Fsp3) is 0.150. The summed E-state index contributed by atoms with van der Waals surface area (Å²) in [4.78, 5) is 36.7. The van der Waals surface area contributed by atoms with Crippen LogP contribution in [-0.2, 0) is 16.0 Å². The van der Waals surface area contributed by atoms with Crippen LogP contribution in [0.25, 0.3) is 0 Å². The normalized spacial score (nSPS) is 17.7. The van der Waals surface area contributed by atoms with Gasteiger partial charge >= 0.3 is 0 Å². The Bertz CT molecular complexity index is 1070. The molecule has 0 aliphatic carbocycles. The van der Waals surface area contributed by atoms with Gasteiger partial charge in [0, 0.05) is 17.8 Å². The molecule has 0 saturated carbocycles. The smallest absolute Gasteiger partial charge is 0.269 e. The van der Waals surface area contributed by atoms with E-state index >= 15 is 0 Å². The van der Waals surface area contributed by atoms with Crippen LogP contribution in [-0.4, -0.2) is 22.0 Å². The van der Waals surface area contributed by atoms with Crippen LogP contribution in [0.3, 0.4) is 0 Å². The minimum Gasteiger partial charge on any atom is -0.365 e. The summed E-state index contributed by atoms with van der Waals surface area (Å²) >= 11 is 1.06. The van der Waals surface area contributed by atoms with Crippen LogP contribution >= 0.6 is 11.8 Å². The monoisotopic (exact) mass is 408 g/mol. The van der Waals surface area contributed by atoms with Crippen LogP contribution in [0.2, 0.25) is 0 Å². The van der Waals surface area contributed by atoms with E-state index in [9.17, 15) is 25.0 Å². The Morgan fingerprint density at radius 1 is 1.31 bits per heavy atom. The zero-order chi connectivity index (χ0) is 21.1. The Kier molecular flexibility index (Phi) is 5.66. The number of hydrogen-bond donors (Lipinski definition) is 1. The molecular weight excluding hydrogens is 392 g/mol. The van der Waals surface area contributed by atoms with Crippen molar-refractivity contribution in [1.29, 1.82) is 5.26 Å². The van der Waals surface area contributed by atoms with Gasteiger partial charge in [-0.1, -0.05) is 41.6 Å². The number of non-ortho nitro benzene ring substituents is 1. The van der Waals surface area contributed by atoms with Crippen molar-refractivity contribution in [3.8, 4) is 6.07 Å². The van der Waals surface area contributed by atoms with Crippen molar-refractivity contribution in [2.24, 2.45) is 5.73 Å². The number of hydrogen-bond acceptors (Lipinski definition) is 6. The van der Waals surface area contributed by atoms with Crippen molar-refractivity contribution in [1.82, 2.24) is 0 Å². The minimum absolute atomic E-state index is 0.0704. The summed E-state index contributed by atoms with van der Waals surface area (Å²) in [6.07, 6.45) is 0.203. The predicted molar refractivity (Wildman–Crippen MR) is 109 cm³/mol. The Hall–Kier alpha value is -3.64. The van der Waals surface area contributed by atoms with Gasteiger partial charge in [0.2, 0.25) is 5.91 Å². The molecule has 2 amide bonds. The number of nitrogens with zero attached hydrogens (tertiary/aromatic N) is 3. The average Bonchev–Trinajstić information content (AvgIpc) is 2.99. The maximum atomic E-state index is 13.1. The number of nitriles is 1. The van der Waals surface area contributed by atoms with Gasteiger partial charge in [-0.2, -0.15) is 5.26 Å². The van der Waals surface area contributed by atoms with Crippen LogP contribution in [0.4, 0.5) is 11.4 Å². The second-order valence-electron chi connectivity index (χ2n) is 6.40. The predicted octanol–water partition coefficient (Wildman–Crippen LogP) is 2.81. The lowest BCUT2D eigenvalue weighted by atomic mass is 10.1. The van der Waals surface area contributed by atoms with Crippen LogP contribution < -0.4 is 10.6 Å². The maximum absolute atomic E-state index is 13.1. The third kappa shape index (κ3) is 4.12. The van der Waals surface area contributed by atoms with Crippen LogP contribution in [0.1, 0.15) is 11.1 Å². The van der Waals surface area contributed by atoms with Gasteiger partial charge in [-0.25, -0.2) is 0 Å². The SMILES string of the molecule is Cc1ccc(N2C(=O)C(Cc3cccc([N+](=O)[O-])c3)SC2=C(C#N)C(N)=O)cc1. The average molecular weight is 408 g/mol. The number of nitrogens with two attached hydrogens (primary N) is 1. The quantitative estimate of drug-likeness (QED) is 0.350. The number of carbonyl (C=O) groups excluding carboxylic acids is 2. The van der Waals surface area contributed by atoms with Crippen molar-refractivity contribution in [3.63, 3.8) is 0 Å². The van der Waals surface area contributed by atoms with Crippen molar-refractivity contribution in [3.05, 3.63) is 80.4 Å². The molecule has 0 radical (unpaired) electrons. The Balaban J connectivity index is 2.01. The number of anilines is 1. The Labute approximate surface area is 170 Å². The molecule has 2 aromatic carbocycles. The highest BCUT2D eigenvalue weighted by atomic mass is 32.2. The van der Waals surface area contributed by atoms with Crippen molar-refractivity contribution in [2.45, 2.75) is 18.6 Å².